The fourth-order valence-corrected chi connectivity index (χ4v) is 2.59. The first-order valence-corrected chi connectivity index (χ1v) is 6.09. The lowest BCUT2D eigenvalue weighted by atomic mass is 9.77. The largest absolute Gasteiger partial charge is 0.324 e. The van der Waals surface area contributed by atoms with Gasteiger partial charge in [-0.2, -0.15) is 0 Å². The van der Waals surface area contributed by atoms with Crippen LogP contribution in [0, 0.1) is 5.92 Å². The molecule has 0 heterocycles. The number of fused-ring (bicyclic) bond motifs is 1. The van der Waals surface area contributed by atoms with Crippen LogP contribution in [0.4, 0.5) is 0 Å². The van der Waals surface area contributed by atoms with Gasteiger partial charge in [-0.25, -0.2) is 0 Å². The number of rotatable bonds is 2. The summed E-state index contributed by atoms with van der Waals surface area (Å²) >= 11 is 0. The van der Waals surface area contributed by atoms with E-state index in [2.05, 4.69) is 42.5 Å². The monoisotopic (exact) mass is 211 g/mol. The third-order valence-corrected chi connectivity index (χ3v) is 3.84. The Hall–Kier alpha value is -1.34. The van der Waals surface area contributed by atoms with Crippen molar-refractivity contribution in [1.82, 2.24) is 0 Å². The molecule has 1 fully saturated rings. The van der Waals surface area contributed by atoms with Crippen molar-refractivity contribution in [2.24, 2.45) is 11.7 Å². The number of hydrogen-bond acceptors (Lipinski definition) is 1. The first-order chi connectivity index (χ1) is 7.86. The van der Waals surface area contributed by atoms with Gasteiger partial charge in [0.25, 0.3) is 0 Å². The van der Waals surface area contributed by atoms with E-state index in [1.165, 1.54) is 35.6 Å². The third kappa shape index (κ3) is 1.52. The molecule has 0 amide bonds. The normalized spacial score (nSPS) is 18.3. The smallest absolute Gasteiger partial charge is 0.0329 e. The predicted octanol–water partition coefficient (Wildman–Crippen LogP) is 3.64. The molecule has 2 aromatic rings. The van der Waals surface area contributed by atoms with E-state index in [1.807, 2.05) is 0 Å². The maximum atomic E-state index is 6.37. The van der Waals surface area contributed by atoms with Crippen molar-refractivity contribution in [2.75, 3.05) is 0 Å². The highest BCUT2D eigenvalue weighted by molar-refractivity contribution is 5.86. The third-order valence-electron chi connectivity index (χ3n) is 3.84. The Morgan fingerprint density at radius 1 is 1.00 bits per heavy atom. The fraction of sp³-hybridized carbons (Fsp3) is 0.333. The van der Waals surface area contributed by atoms with Crippen molar-refractivity contribution >= 4 is 10.8 Å². The van der Waals surface area contributed by atoms with Crippen LogP contribution in [0.25, 0.3) is 10.8 Å². The second-order valence-electron chi connectivity index (χ2n) is 4.79. The summed E-state index contributed by atoms with van der Waals surface area (Å²) in [6.07, 6.45) is 3.94. The Bertz CT molecular complexity index is 494. The topological polar surface area (TPSA) is 26.0 Å². The van der Waals surface area contributed by atoms with Gasteiger partial charge in [0.15, 0.2) is 0 Å². The molecule has 16 heavy (non-hydrogen) atoms. The van der Waals surface area contributed by atoms with Crippen molar-refractivity contribution in [3.63, 3.8) is 0 Å². The molecule has 1 aliphatic carbocycles. The lowest BCUT2D eigenvalue weighted by Gasteiger charge is -2.32. The van der Waals surface area contributed by atoms with Gasteiger partial charge >= 0.3 is 0 Å². The van der Waals surface area contributed by atoms with Gasteiger partial charge in [-0.3, -0.25) is 0 Å². The Morgan fingerprint density at radius 3 is 2.50 bits per heavy atom. The van der Waals surface area contributed by atoms with Crippen LogP contribution in [0.15, 0.2) is 42.5 Å². The predicted molar refractivity (Wildman–Crippen MR) is 68.2 cm³/mol. The molecule has 0 bridgehead atoms. The lowest BCUT2D eigenvalue weighted by molar-refractivity contribution is 0.265. The van der Waals surface area contributed by atoms with Crippen LogP contribution in [-0.2, 0) is 0 Å². The molecular formula is C15H17N. The first kappa shape index (κ1) is 9.86. The zero-order valence-electron chi connectivity index (χ0n) is 9.39. The van der Waals surface area contributed by atoms with E-state index in [1.54, 1.807) is 0 Å². The molecule has 0 spiro atoms. The van der Waals surface area contributed by atoms with E-state index >= 15 is 0 Å². The highest BCUT2D eigenvalue weighted by Crippen LogP contribution is 2.38. The molecule has 2 aromatic carbocycles. The minimum atomic E-state index is 0.222. The average Bonchev–Trinajstić information content (AvgIpc) is 2.26. The summed E-state index contributed by atoms with van der Waals surface area (Å²) in [5.41, 5.74) is 7.69. The van der Waals surface area contributed by atoms with Crippen molar-refractivity contribution in [1.29, 1.82) is 0 Å². The molecular weight excluding hydrogens is 194 g/mol. The molecule has 1 aliphatic rings. The average molecular weight is 211 g/mol. The van der Waals surface area contributed by atoms with Gasteiger partial charge in [0.1, 0.15) is 0 Å². The Labute approximate surface area is 96.3 Å². The lowest BCUT2D eigenvalue weighted by Crippen LogP contribution is -2.26. The summed E-state index contributed by atoms with van der Waals surface area (Å²) in [6, 6.07) is 15.2. The number of nitrogens with two attached hydrogens (primary N) is 1. The maximum Gasteiger partial charge on any atom is 0.0329 e. The molecule has 0 aromatic heterocycles. The molecule has 0 aliphatic heterocycles. The molecule has 0 saturated heterocycles. The zero-order valence-corrected chi connectivity index (χ0v) is 9.39. The molecule has 0 radical (unpaired) electrons. The van der Waals surface area contributed by atoms with Crippen molar-refractivity contribution in [3.8, 4) is 0 Å². The molecule has 2 N–H and O–H groups in total. The second kappa shape index (κ2) is 3.91. The first-order valence-electron chi connectivity index (χ1n) is 6.09. The quantitative estimate of drug-likeness (QED) is 0.806. The van der Waals surface area contributed by atoms with Crippen LogP contribution >= 0.6 is 0 Å². The fourth-order valence-electron chi connectivity index (χ4n) is 2.59. The van der Waals surface area contributed by atoms with Gasteiger partial charge in [-0.15, -0.1) is 0 Å². The summed E-state index contributed by atoms with van der Waals surface area (Å²) in [7, 11) is 0. The van der Waals surface area contributed by atoms with Crippen LogP contribution < -0.4 is 5.73 Å². The summed E-state index contributed by atoms with van der Waals surface area (Å²) in [5, 5.41) is 2.62. The maximum absolute atomic E-state index is 6.37. The molecule has 1 nitrogen and oxygen atoms in total. The van der Waals surface area contributed by atoms with Gasteiger partial charge in [-0.1, -0.05) is 48.9 Å². The molecule has 1 saturated carbocycles. The van der Waals surface area contributed by atoms with E-state index in [4.69, 9.17) is 5.73 Å². The van der Waals surface area contributed by atoms with E-state index in [9.17, 15) is 0 Å². The van der Waals surface area contributed by atoms with Crippen LogP contribution in [0.5, 0.6) is 0 Å². The van der Waals surface area contributed by atoms with Crippen molar-refractivity contribution in [3.05, 3.63) is 48.0 Å². The van der Waals surface area contributed by atoms with Gasteiger partial charge in [0.05, 0.1) is 0 Å². The molecule has 0 unspecified atom stereocenters. The van der Waals surface area contributed by atoms with Gasteiger partial charge < -0.3 is 5.73 Å². The Kier molecular flexibility index (Phi) is 2.41. The van der Waals surface area contributed by atoms with E-state index in [0.717, 1.165) is 0 Å². The van der Waals surface area contributed by atoms with Crippen LogP contribution in [-0.4, -0.2) is 0 Å². The standard InChI is InChI=1S/C15H17N/c16-15(12-7-3-8-12)14-10-4-6-11-5-1-2-9-13(11)14/h1-2,4-6,9-10,12,15H,3,7-8,16H2/t15-/m0/s1. The summed E-state index contributed by atoms with van der Waals surface area (Å²) in [6.45, 7) is 0. The van der Waals surface area contributed by atoms with E-state index in [0.29, 0.717) is 5.92 Å². The minimum Gasteiger partial charge on any atom is -0.324 e. The van der Waals surface area contributed by atoms with Gasteiger partial charge in [-0.05, 0) is 35.1 Å². The van der Waals surface area contributed by atoms with Crippen LogP contribution in [0.1, 0.15) is 30.9 Å². The van der Waals surface area contributed by atoms with Crippen LogP contribution in [0.2, 0.25) is 0 Å². The van der Waals surface area contributed by atoms with E-state index in [-0.39, 0.29) is 6.04 Å². The number of benzene rings is 2. The highest BCUT2D eigenvalue weighted by atomic mass is 14.7. The second-order valence-corrected chi connectivity index (χ2v) is 4.79. The van der Waals surface area contributed by atoms with E-state index < -0.39 is 0 Å². The zero-order chi connectivity index (χ0) is 11.0. The summed E-state index contributed by atoms with van der Waals surface area (Å²) < 4.78 is 0. The minimum absolute atomic E-state index is 0.222. The molecule has 1 atom stereocenters. The van der Waals surface area contributed by atoms with Gasteiger partial charge in [0.2, 0.25) is 0 Å². The molecule has 82 valence electrons. The Balaban J connectivity index is 2.08. The summed E-state index contributed by atoms with van der Waals surface area (Å²) in [5.74, 6) is 0.700. The highest BCUT2D eigenvalue weighted by Gasteiger charge is 2.26. The SMILES string of the molecule is N[C@H](c1cccc2ccccc12)C1CCC1. The Morgan fingerprint density at radius 2 is 1.75 bits per heavy atom. The number of hydrogen-bond donors (Lipinski definition) is 1. The molecule has 3 rings (SSSR count). The summed E-state index contributed by atoms with van der Waals surface area (Å²) in [4.78, 5) is 0. The van der Waals surface area contributed by atoms with Crippen molar-refractivity contribution < 1.29 is 0 Å². The molecule has 1 heteroatoms. The van der Waals surface area contributed by atoms with Crippen molar-refractivity contribution in [2.45, 2.75) is 25.3 Å². The van der Waals surface area contributed by atoms with Gasteiger partial charge in [0, 0.05) is 6.04 Å². The van der Waals surface area contributed by atoms with Crippen LogP contribution in [0.3, 0.4) is 0 Å².